The summed E-state index contributed by atoms with van der Waals surface area (Å²) in [7, 11) is 0. The summed E-state index contributed by atoms with van der Waals surface area (Å²) in [4.78, 5) is 11.0. The van der Waals surface area contributed by atoms with E-state index in [0.29, 0.717) is 11.9 Å². The van der Waals surface area contributed by atoms with Gasteiger partial charge in [-0.05, 0) is 27.2 Å². The molecular weight excluding hydrogens is 226 g/mol. The molecule has 1 aromatic heterocycles. The summed E-state index contributed by atoms with van der Waals surface area (Å²) >= 11 is 0. The number of unbranched alkanes of at least 4 members (excludes halogenated alkanes) is 2. The standard InChI is InChI=1S/C13H25N5/c1-5-6-7-8-18(10(2)3)13-9-12(17-14)15-11(4)16-13/h9-10H,5-8,14H2,1-4H3,(H,15,16,17). The Morgan fingerprint density at radius 1 is 1.33 bits per heavy atom. The molecule has 0 saturated carbocycles. The molecule has 0 atom stereocenters. The molecule has 0 spiro atoms. The number of hydrazine groups is 1. The second kappa shape index (κ2) is 7.16. The van der Waals surface area contributed by atoms with Crippen molar-refractivity contribution in [1.29, 1.82) is 0 Å². The molecular formula is C13H25N5. The second-order valence-electron chi connectivity index (χ2n) is 4.80. The van der Waals surface area contributed by atoms with Gasteiger partial charge in [0.1, 0.15) is 17.5 Å². The van der Waals surface area contributed by atoms with E-state index in [-0.39, 0.29) is 0 Å². The van der Waals surface area contributed by atoms with Gasteiger partial charge in [-0.15, -0.1) is 0 Å². The summed E-state index contributed by atoms with van der Waals surface area (Å²) < 4.78 is 0. The predicted molar refractivity (Wildman–Crippen MR) is 76.6 cm³/mol. The van der Waals surface area contributed by atoms with Crippen molar-refractivity contribution in [2.45, 2.75) is 53.0 Å². The lowest BCUT2D eigenvalue weighted by molar-refractivity contribution is 0.618. The minimum absolute atomic E-state index is 0.418. The molecule has 18 heavy (non-hydrogen) atoms. The molecule has 1 heterocycles. The van der Waals surface area contributed by atoms with Crippen LogP contribution in [0.15, 0.2) is 6.07 Å². The Balaban J connectivity index is 2.87. The Morgan fingerprint density at radius 2 is 2.06 bits per heavy atom. The van der Waals surface area contributed by atoms with E-state index in [0.717, 1.165) is 18.2 Å². The highest BCUT2D eigenvalue weighted by Gasteiger charge is 2.13. The van der Waals surface area contributed by atoms with E-state index >= 15 is 0 Å². The number of hydrogen-bond acceptors (Lipinski definition) is 5. The number of anilines is 2. The quantitative estimate of drug-likeness (QED) is 0.443. The number of nitrogen functional groups attached to an aromatic ring is 1. The average Bonchev–Trinajstić information content (AvgIpc) is 2.33. The van der Waals surface area contributed by atoms with E-state index in [1.54, 1.807) is 0 Å². The number of aromatic nitrogens is 2. The van der Waals surface area contributed by atoms with Gasteiger partial charge >= 0.3 is 0 Å². The fraction of sp³-hybridized carbons (Fsp3) is 0.692. The van der Waals surface area contributed by atoms with Crippen LogP contribution in [-0.4, -0.2) is 22.6 Å². The fourth-order valence-electron chi connectivity index (χ4n) is 1.94. The zero-order chi connectivity index (χ0) is 13.5. The maximum Gasteiger partial charge on any atom is 0.145 e. The van der Waals surface area contributed by atoms with Gasteiger partial charge in [0.25, 0.3) is 0 Å². The molecule has 0 radical (unpaired) electrons. The zero-order valence-electron chi connectivity index (χ0n) is 11.9. The third-order valence-corrected chi connectivity index (χ3v) is 2.89. The van der Waals surface area contributed by atoms with Crippen LogP contribution in [0.4, 0.5) is 11.6 Å². The van der Waals surface area contributed by atoms with Crippen LogP contribution in [0.1, 0.15) is 45.9 Å². The third-order valence-electron chi connectivity index (χ3n) is 2.89. The van der Waals surface area contributed by atoms with Crippen molar-refractivity contribution >= 4 is 11.6 Å². The Hall–Kier alpha value is -1.36. The molecule has 0 saturated heterocycles. The molecule has 0 aromatic carbocycles. The van der Waals surface area contributed by atoms with Crippen molar-refractivity contribution in [1.82, 2.24) is 9.97 Å². The number of nitrogens with one attached hydrogen (secondary N) is 1. The highest BCUT2D eigenvalue weighted by atomic mass is 15.3. The highest BCUT2D eigenvalue weighted by molar-refractivity contribution is 5.49. The van der Waals surface area contributed by atoms with E-state index in [2.05, 4.69) is 41.1 Å². The van der Waals surface area contributed by atoms with E-state index in [1.165, 1.54) is 19.3 Å². The van der Waals surface area contributed by atoms with Gasteiger partial charge in [-0.1, -0.05) is 19.8 Å². The minimum Gasteiger partial charge on any atom is -0.354 e. The molecule has 0 unspecified atom stereocenters. The summed E-state index contributed by atoms with van der Waals surface area (Å²) in [6, 6.07) is 2.32. The normalized spacial score (nSPS) is 10.8. The van der Waals surface area contributed by atoms with Crippen LogP contribution in [0.3, 0.4) is 0 Å². The predicted octanol–water partition coefficient (Wildman–Crippen LogP) is 2.48. The van der Waals surface area contributed by atoms with Crippen LogP contribution in [0.2, 0.25) is 0 Å². The molecule has 102 valence electrons. The van der Waals surface area contributed by atoms with Crippen molar-refractivity contribution in [2.75, 3.05) is 16.9 Å². The lowest BCUT2D eigenvalue weighted by atomic mass is 10.2. The van der Waals surface area contributed by atoms with Crippen LogP contribution in [0.5, 0.6) is 0 Å². The first-order chi connectivity index (χ1) is 8.58. The van der Waals surface area contributed by atoms with Crippen molar-refractivity contribution < 1.29 is 0 Å². The highest BCUT2D eigenvalue weighted by Crippen LogP contribution is 2.18. The lowest BCUT2D eigenvalue weighted by Crippen LogP contribution is -2.33. The Kier molecular flexibility index (Phi) is 5.85. The Morgan fingerprint density at radius 3 is 2.61 bits per heavy atom. The largest absolute Gasteiger partial charge is 0.354 e. The van der Waals surface area contributed by atoms with Gasteiger partial charge in [0, 0.05) is 18.7 Å². The SMILES string of the molecule is CCCCCN(c1cc(NN)nc(C)n1)C(C)C. The molecule has 5 nitrogen and oxygen atoms in total. The molecule has 5 heteroatoms. The van der Waals surface area contributed by atoms with Gasteiger partial charge < -0.3 is 10.3 Å². The van der Waals surface area contributed by atoms with Crippen molar-refractivity contribution in [3.63, 3.8) is 0 Å². The monoisotopic (exact) mass is 251 g/mol. The summed E-state index contributed by atoms with van der Waals surface area (Å²) in [6.07, 6.45) is 3.66. The minimum atomic E-state index is 0.418. The number of aryl methyl sites for hydroxylation is 1. The summed E-state index contributed by atoms with van der Waals surface area (Å²) in [5, 5.41) is 0. The van der Waals surface area contributed by atoms with Gasteiger partial charge in [0.2, 0.25) is 0 Å². The summed E-state index contributed by atoms with van der Waals surface area (Å²) in [5.41, 5.74) is 2.59. The molecule has 0 fully saturated rings. The number of nitrogens with zero attached hydrogens (tertiary/aromatic N) is 3. The molecule has 1 rings (SSSR count). The topological polar surface area (TPSA) is 67.1 Å². The first-order valence-corrected chi connectivity index (χ1v) is 6.67. The van der Waals surface area contributed by atoms with Crippen LogP contribution < -0.4 is 16.2 Å². The summed E-state index contributed by atoms with van der Waals surface area (Å²) in [5.74, 6) is 7.78. The van der Waals surface area contributed by atoms with E-state index in [9.17, 15) is 0 Å². The van der Waals surface area contributed by atoms with Gasteiger partial charge in [0.05, 0.1) is 0 Å². The molecule has 0 aliphatic carbocycles. The van der Waals surface area contributed by atoms with Crippen molar-refractivity contribution in [2.24, 2.45) is 5.84 Å². The Labute approximate surface area is 110 Å². The van der Waals surface area contributed by atoms with Gasteiger partial charge in [-0.2, -0.15) is 0 Å². The number of hydrogen-bond donors (Lipinski definition) is 2. The maximum absolute atomic E-state index is 5.43. The van der Waals surface area contributed by atoms with Crippen molar-refractivity contribution in [3.05, 3.63) is 11.9 Å². The van der Waals surface area contributed by atoms with Gasteiger partial charge in [-0.3, -0.25) is 0 Å². The molecule has 0 aliphatic rings. The van der Waals surface area contributed by atoms with Gasteiger partial charge in [-0.25, -0.2) is 15.8 Å². The van der Waals surface area contributed by atoms with Crippen molar-refractivity contribution in [3.8, 4) is 0 Å². The second-order valence-corrected chi connectivity index (χ2v) is 4.80. The van der Waals surface area contributed by atoms with E-state index in [1.807, 2.05) is 13.0 Å². The fourth-order valence-corrected chi connectivity index (χ4v) is 1.94. The smallest absolute Gasteiger partial charge is 0.145 e. The van der Waals surface area contributed by atoms with E-state index < -0.39 is 0 Å². The third kappa shape index (κ3) is 4.14. The first kappa shape index (κ1) is 14.7. The molecule has 0 bridgehead atoms. The summed E-state index contributed by atoms with van der Waals surface area (Å²) in [6.45, 7) is 9.48. The number of nitrogens with two attached hydrogens (primary N) is 1. The Bertz CT molecular complexity index is 364. The van der Waals surface area contributed by atoms with Crippen LogP contribution >= 0.6 is 0 Å². The molecule has 0 amide bonds. The molecule has 1 aromatic rings. The van der Waals surface area contributed by atoms with Crippen LogP contribution in [-0.2, 0) is 0 Å². The van der Waals surface area contributed by atoms with E-state index in [4.69, 9.17) is 5.84 Å². The average molecular weight is 251 g/mol. The molecule has 3 N–H and O–H groups in total. The van der Waals surface area contributed by atoms with Gasteiger partial charge in [0.15, 0.2) is 0 Å². The lowest BCUT2D eigenvalue weighted by Gasteiger charge is -2.28. The molecule has 0 aliphatic heterocycles. The number of rotatable bonds is 7. The zero-order valence-corrected chi connectivity index (χ0v) is 11.9. The van der Waals surface area contributed by atoms with Crippen LogP contribution in [0, 0.1) is 6.92 Å². The first-order valence-electron chi connectivity index (χ1n) is 6.67. The maximum atomic E-state index is 5.43. The van der Waals surface area contributed by atoms with Crippen LogP contribution in [0.25, 0.3) is 0 Å².